The lowest BCUT2D eigenvalue weighted by Gasteiger charge is -2.16. The molecule has 2 aromatic rings. The molecule has 0 bridgehead atoms. The SMILES string of the molecule is CCC/C(=C\c1c(Br)c(OC)c2ccccc2c1OC)C(=O)O. The zero-order chi connectivity index (χ0) is 17.0. The number of halogens is 1. The van der Waals surface area contributed by atoms with E-state index < -0.39 is 5.97 Å². The minimum Gasteiger partial charge on any atom is -0.495 e. The van der Waals surface area contributed by atoms with Gasteiger partial charge in [-0.3, -0.25) is 0 Å². The summed E-state index contributed by atoms with van der Waals surface area (Å²) in [6.07, 6.45) is 2.90. The number of methoxy groups -OCH3 is 2. The maximum Gasteiger partial charge on any atom is 0.331 e. The van der Waals surface area contributed by atoms with Gasteiger partial charge in [0.05, 0.1) is 18.7 Å². The molecule has 0 saturated heterocycles. The number of ether oxygens (including phenoxy) is 2. The van der Waals surface area contributed by atoms with Crippen molar-refractivity contribution in [2.75, 3.05) is 14.2 Å². The van der Waals surface area contributed by atoms with Gasteiger partial charge in [0.25, 0.3) is 0 Å². The number of benzene rings is 2. The number of fused-ring (bicyclic) bond motifs is 1. The Morgan fingerprint density at radius 2 is 1.74 bits per heavy atom. The van der Waals surface area contributed by atoms with Gasteiger partial charge in [-0.25, -0.2) is 4.79 Å². The fourth-order valence-electron chi connectivity index (χ4n) is 2.60. The molecule has 0 amide bonds. The molecule has 0 heterocycles. The molecule has 0 aliphatic rings. The Labute approximate surface area is 143 Å². The van der Waals surface area contributed by atoms with E-state index in [-0.39, 0.29) is 0 Å². The lowest BCUT2D eigenvalue weighted by Crippen LogP contribution is -2.02. The fourth-order valence-corrected chi connectivity index (χ4v) is 3.27. The summed E-state index contributed by atoms with van der Waals surface area (Å²) in [6.45, 7) is 1.95. The van der Waals surface area contributed by atoms with E-state index in [2.05, 4.69) is 15.9 Å². The highest BCUT2D eigenvalue weighted by atomic mass is 79.9. The largest absolute Gasteiger partial charge is 0.495 e. The van der Waals surface area contributed by atoms with Crippen LogP contribution in [0.2, 0.25) is 0 Å². The lowest BCUT2D eigenvalue weighted by molar-refractivity contribution is -0.132. The average molecular weight is 379 g/mol. The first-order valence-electron chi connectivity index (χ1n) is 7.31. The van der Waals surface area contributed by atoms with Crippen LogP contribution in [0.25, 0.3) is 16.8 Å². The number of aliphatic carboxylic acids is 1. The standard InChI is InChI=1S/C18H19BrO4/c1-4-7-11(18(20)21)10-14-15(19)17(23-3)13-9-6-5-8-12(13)16(14)22-2/h5-6,8-10H,4,7H2,1-3H3,(H,20,21)/b11-10+. The van der Waals surface area contributed by atoms with Gasteiger partial charge >= 0.3 is 5.97 Å². The molecule has 4 nitrogen and oxygen atoms in total. The monoisotopic (exact) mass is 378 g/mol. The fraction of sp³-hybridized carbons (Fsp3) is 0.278. The van der Waals surface area contributed by atoms with Gasteiger partial charge in [-0.15, -0.1) is 0 Å². The Hall–Kier alpha value is -2.01. The molecule has 23 heavy (non-hydrogen) atoms. The number of rotatable bonds is 6. The third kappa shape index (κ3) is 3.34. The second kappa shape index (κ2) is 7.51. The Kier molecular flexibility index (Phi) is 5.66. The highest BCUT2D eigenvalue weighted by molar-refractivity contribution is 9.10. The maximum atomic E-state index is 11.5. The normalized spacial score (nSPS) is 11.6. The van der Waals surface area contributed by atoms with Crippen LogP contribution < -0.4 is 9.47 Å². The summed E-state index contributed by atoms with van der Waals surface area (Å²) in [5, 5.41) is 11.2. The van der Waals surface area contributed by atoms with Crippen LogP contribution in [0.5, 0.6) is 11.5 Å². The molecule has 0 aromatic heterocycles. The predicted molar refractivity (Wildman–Crippen MR) is 95.3 cm³/mol. The highest BCUT2D eigenvalue weighted by Gasteiger charge is 2.19. The first-order valence-corrected chi connectivity index (χ1v) is 8.10. The van der Waals surface area contributed by atoms with E-state index in [4.69, 9.17) is 9.47 Å². The number of hydrogen-bond acceptors (Lipinski definition) is 3. The lowest BCUT2D eigenvalue weighted by atomic mass is 10.0. The van der Waals surface area contributed by atoms with Crippen LogP contribution in [0.3, 0.4) is 0 Å². The van der Waals surface area contributed by atoms with Crippen molar-refractivity contribution >= 4 is 38.7 Å². The van der Waals surface area contributed by atoms with Crippen LogP contribution in [-0.4, -0.2) is 25.3 Å². The molecular weight excluding hydrogens is 360 g/mol. The van der Waals surface area contributed by atoms with Crippen molar-refractivity contribution in [3.8, 4) is 11.5 Å². The first kappa shape index (κ1) is 17.3. The summed E-state index contributed by atoms with van der Waals surface area (Å²) in [5.41, 5.74) is 1.01. The van der Waals surface area contributed by atoms with Crippen molar-refractivity contribution in [2.24, 2.45) is 0 Å². The minimum absolute atomic E-state index is 0.337. The van der Waals surface area contributed by atoms with E-state index in [0.717, 1.165) is 17.2 Å². The topological polar surface area (TPSA) is 55.8 Å². The molecule has 0 atom stereocenters. The van der Waals surface area contributed by atoms with Crippen molar-refractivity contribution in [1.29, 1.82) is 0 Å². The summed E-state index contributed by atoms with van der Waals surface area (Å²) in [6, 6.07) is 7.71. The third-order valence-electron chi connectivity index (χ3n) is 3.62. The molecule has 122 valence electrons. The van der Waals surface area contributed by atoms with Gasteiger partial charge in [0.15, 0.2) is 0 Å². The molecule has 2 rings (SSSR count). The quantitative estimate of drug-likeness (QED) is 0.727. The van der Waals surface area contributed by atoms with Crippen LogP contribution in [0.1, 0.15) is 25.3 Å². The summed E-state index contributed by atoms with van der Waals surface area (Å²) in [5.74, 6) is 0.366. The molecule has 0 aliphatic heterocycles. The molecule has 0 radical (unpaired) electrons. The summed E-state index contributed by atoms with van der Waals surface area (Å²) < 4.78 is 11.8. The maximum absolute atomic E-state index is 11.5. The molecule has 0 aliphatic carbocycles. The van der Waals surface area contributed by atoms with Crippen LogP contribution >= 0.6 is 15.9 Å². The number of carboxylic acids is 1. The van der Waals surface area contributed by atoms with E-state index in [1.807, 2.05) is 31.2 Å². The molecule has 1 N–H and O–H groups in total. The zero-order valence-electron chi connectivity index (χ0n) is 13.4. The van der Waals surface area contributed by atoms with Crippen molar-refractivity contribution in [3.63, 3.8) is 0 Å². The van der Waals surface area contributed by atoms with Gasteiger partial charge in [-0.2, -0.15) is 0 Å². The van der Waals surface area contributed by atoms with Gasteiger partial charge in [0.1, 0.15) is 11.5 Å². The molecular formula is C18H19BrO4. The second-order valence-corrected chi connectivity index (χ2v) is 5.86. The Bertz CT molecular complexity index is 765. The molecule has 5 heteroatoms. The van der Waals surface area contributed by atoms with Crippen molar-refractivity contribution in [1.82, 2.24) is 0 Å². The Morgan fingerprint density at radius 3 is 2.22 bits per heavy atom. The van der Waals surface area contributed by atoms with E-state index in [1.165, 1.54) is 0 Å². The third-order valence-corrected chi connectivity index (χ3v) is 4.40. The zero-order valence-corrected chi connectivity index (χ0v) is 14.9. The number of carbonyl (C=O) groups is 1. The molecule has 0 unspecified atom stereocenters. The van der Waals surface area contributed by atoms with E-state index >= 15 is 0 Å². The Morgan fingerprint density at radius 1 is 1.17 bits per heavy atom. The molecule has 2 aromatic carbocycles. The van der Waals surface area contributed by atoms with Crippen LogP contribution in [0.15, 0.2) is 34.3 Å². The molecule has 0 fully saturated rings. The highest BCUT2D eigenvalue weighted by Crippen LogP contribution is 2.44. The first-order chi connectivity index (χ1) is 11.0. The predicted octanol–water partition coefficient (Wildman–Crippen LogP) is 4.89. The van der Waals surface area contributed by atoms with E-state index in [0.29, 0.717) is 33.5 Å². The summed E-state index contributed by atoms with van der Waals surface area (Å²) in [4.78, 5) is 11.5. The summed E-state index contributed by atoms with van der Waals surface area (Å²) in [7, 11) is 3.18. The summed E-state index contributed by atoms with van der Waals surface area (Å²) >= 11 is 3.54. The molecule has 0 spiro atoms. The molecule has 0 saturated carbocycles. The Balaban J connectivity index is 2.84. The van der Waals surface area contributed by atoms with Crippen molar-refractivity contribution < 1.29 is 19.4 Å². The van der Waals surface area contributed by atoms with Crippen LogP contribution in [0, 0.1) is 0 Å². The average Bonchev–Trinajstić information content (AvgIpc) is 2.54. The van der Waals surface area contributed by atoms with Gasteiger partial charge in [0, 0.05) is 21.9 Å². The van der Waals surface area contributed by atoms with Crippen LogP contribution in [0.4, 0.5) is 0 Å². The van der Waals surface area contributed by atoms with E-state index in [9.17, 15) is 9.90 Å². The van der Waals surface area contributed by atoms with Crippen LogP contribution in [-0.2, 0) is 4.79 Å². The van der Waals surface area contributed by atoms with Gasteiger partial charge in [-0.05, 0) is 28.4 Å². The smallest absolute Gasteiger partial charge is 0.331 e. The number of hydrogen-bond donors (Lipinski definition) is 1. The van der Waals surface area contributed by atoms with Crippen molar-refractivity contribution in [2.45, 2.75) is 19.8 Å². The van der Waals surface area contributed by atoms with Gasteiger partial charge in [-0.1, -0.05) is 37.6 Å². The van der Waals surface area contributed by atoms with Gasteiger partial charge in [0.2, 0.25) is 0 Å². The number of carboxylic acid groups (broad SMARTS) is 1. The van der Waals surface area contributed by atoms with Gasteiger partial charge < -0.3 is 14.6 Å². The second-order valence-electron chi connectivity index (χ2n) is 5.06. The van der Waals surface area contributed by atoms with E-state index in [1.54, 1.807) is 20.3 Å². The minimum atomic E-state index is -0.923. The van der Waals surface area contributed by atoms with Crippen molar-refractivity contribution in [3.05, 3.63) is 39.9 Å².